The number of thiophene rings is 1. The van der Waals surface area contributed by atoms with E-state index in [0.717, 1.165) is 15.9 Å². The van der Waals surface area contributed by atoms with Crippen LogP contribution in [0.15, 0.2) is 22.1 Å². The van der Waals surface area contributed by atoms with Gasteiger partial charge in [-0.3, -0.25) is 11.3 Å². The van der Waals surface area contributed by atoms with Gasteiger partial charge in [0, 0.05) is 11.3 Å². The van der Waals surface area contributed by atoms with Crippen molar-refractivity contribution >= 4 is 39.0 Å². The number of nitrogens with one attached hydrogen (secondary N) is 1. The highest BCUT2D eigenvalue weighted by atomic mass is 79.9. The first-order valence-electron chi connectivity index (χ1n) is 4.27. The van der Waals surface area contributed by atoms with Crippen molar-refractivity contribution in [1.29, 1.82) is 0 Å². The van der Waals surface area contributed by atoms with Gasteiger partial charge in [0.1, 0.15) is 0 Å². The van der Waals surface area contributed by atoms with Crippen molar-refractivity contribution in [3.8, 4) is 0 Å². The number of nitrogens with zero attached hydrogens (tertiary/aromatic N) is 2. The second-order valence-corrected chi connectivity index (χ2v) is 6.07. The van der Waals surface area contributed by atoms with Crippen LogP contribution in [0, 0.1) is 0 Å². The van der Waals surface area contributed by atoms with Crippen LogP contribution < -0.4 is 11.3 Å². The van der Waals surface area contributed by atoms with Crippen LogP contribution in [-0.4, -0.2) is 8.75 Å². The maximum atomic E-state index is 5.50. The van der Waals surface area contributed by atoms with Crippen molar-refractivity contribution in [3.05, 3.63) is 32.7 Å². The highest BCUT2D eigenvalue weighted by molar-refractivity contribution is 9.11. The summed E-state index contributed by atoms with van der Waals surface area (Å²) in [5, 5.41) is 0. The molecule has 0 aliphatic heterocycles. The van der Waals surface area contributed by atoms with Crippen molar-refractivity contribution in [2.75, 3.05) is 0 Å². The minimum atomic E-state index is 0.0364. The lowest BCUT2D eigenvalue weighted by atomic mass is 10.1. The lowest BCUT2D eigenvalue weighted by Crippen LogP contribution is -2.29. The summed E-state index contributed by atoms with van der Waals surface area (Å²) in [4.78, 5) is 1.26. The molecular formula is C8H9BrN4S2. The van der Waals surface area contributed by atoms with Crippen LogP contribution in [0.1, 0.15) is 16.6 Å². The first-order valence-corrected chi connectivity index (χ1v) is 6.61. The van der Waals surface area contributed by atoms with E-state index in [1.54, 1.807) is 17.5 Å². The van der Waals surface area contributed by atoms with Crippen molar-refractivity contribution in [1.82, 2.24) is 14.2 Å². The van der Waals surface area contributed by atoms with E-state index in [9.17, 15) is 0 Å². The highest BCUT2D eigenvalue weighted by Crippen LogP contribution is 2.26. The second-order valence-electron chi connectivity index (χ2n) is 2.96. The number of aromatic nitrogens is 2. The largest absolute Gasteiger partial charge is 0.271 e. The Labute approximate surface area is 104 Å². The molecule has 0 fully saturated rings. The van der Waals surface area contributed by atoms with Crippen LogP contribution in [0.25, 0.3) is 0 Å². The molecule has 0 saturated carbocycles. The molecule has 0 aromatic carbocycles. The molecule has 0 bridgehead atoms. The van der Waals surface area contributed by atoms with Gasteiger partial charge in [-0.25, -0.2) is 0 Å². The molecule has 4 nitrogen and oxygen atoms in total. The summed E-state index contributed by atoms with van der Waals surface area (Å²) >= 11 is 6.34. The molecule has 7 heteroatoms. The number of halogens is 1. The van der Waals surface area contributed by atoms with Crippen LogP contribution in [0.4, 0.5) is 0 Å². The number of hydrogen-bond acceptors (Lipinski definition) is 6. The smallest absolute Gasteiger partial charge is 0.0929 e. The lowest BCUT2D eigenvalue weighted by Gasteiger charge is -2.10. The van der Waals surface area contributed by atoms with Crippen LogP contribution >= 0.6 is 39.0 Å². The molecule has 1 unspecified atom stereocenters. The molecule has 0 amide bonds. The normalized spacial score (nSPS) is 12.9. The first-order chi connectivity index (χ1) is 7.29. The fourth-order valence-corrected chi connectivity index (χ4v) is 3.24. The standard InChI is InChI=1S/C8H9BrN4S2/c9-8-2-1-5(14-8)3-6(12-10)7-4-11-15-13-7/h1-2,4,6,12H,3,10H2. The summed E-state index contributed by atoms with van der Waals surface area (Å²) in [7, 11) is 0. The summed E-state index contributed by atoms with van der Waals surface area (Å²) in [6.45, 7) is 0. The van der Waals surface area contributed by atoms with Gasteiger partial charge in [0.05, 0.1) is 33.4 Å². The average Bonchev–Trinajstić information content (AvgIpc) is 2.85. The Morgan fingerprint density at radius 3 is 2.93 bits per heavy atom. The second kappa shape index (κ2) is 5.13. The summed E-state index contributed by atoms with van der Waals surface area (Å²) in [5.74, 6) is 5.50. The Morgan fingerprint density at radius 1 is 1.53 bits per heavy atom. The van der Waals surface area contributed by atoms with Gasteiger partial charge in [-0.05, 0) is 28.1 Å². The van der Waals surface area contributed by atoms with E-state index < -0.39 is 0 Å². The van der Waals surface area contributed by atoms with Crippen LogP contribution in [0.5, 0.6) is 0 Å². The van der Waals surface area contributed by atoms with Crippen molar-refractivity contribution in [2.45, 2.75) is 12.5 Å². The number of nitrogens with two attached hydrogens (primary N) is 1. The maximum absolute atomic E-state index is 5.50. The van der Waals surface area contributed by atoms with E-state index >= 15 is 0 Å². The Hall–Kier alpha value is -0.340. The number of rotatable bonds is 4. The molecule has 0 spiro atoms. The zero-order valence-electron chi connectivity index (χ0n) is 7.68. The van der Waals surface area contributed by atoms with E-state index in [2.05, 4.69) is 36.2 Å². The topological polar surface area (TPSA) is 63.8 Å². The predicted molar refractivity (Wildman–Crippen MR) is 65.7 cm³/mol. The van der Waals surface area contributed by atoms with E-state index in [1.165, 1.54) is 16.6 Å². The van der Waals surface area contributed by atoms with E-state index in [-0.39, 0.29) is 6.04 Å². The fraction of sp³-hybridized carbons (Fsp3) is 0.250. The van der Waals surface area contributed by atoms with Gasteiger partial charge >= 0.3 is 0 Å². The Bertz CT molecular complexity index is 414. The average molecular weight is 305 g/mol. The number of hydrazine groups is 1. The fourth-order valence-electron chi connectivity index (χ4n) is 1.24. The van der Waals surface area contributed by atoms with Crippen molar-refractivity contribution < 1.29 is 0 Å². The third-order valence-electron chi connectivity index (χ3n) is 1.97. The molecule has 2 aromatic rings. The predicted octanol–water partition coefficient (Wildman–Crippen LogP) is 2.11. The van der Waals surface area contributed by atoms with E-state index in [1.807, 2.05) is 6.07 Å². The summed E-state index contributed by atoms with van der Waals surface area (Å²) in [5.41, 5.74) is 3.65. The summed E-state index contributed by atoms with van der Waals surface area (Å²) < 4.78 is 9.27. The molecule has 15 heavy (non-hydrogen) atoms. The van der Waals surface area contributed by atoms with Gasteiger partial charge in [-0.2, -0.15) is 8.75 Å². The van der Waals surface area contributed by atoms with Crippen molar-refractivity contribution in [2.24, 2.45) is 5.84 Å². The molecule has 0 aliphatic carbocycles. The zero-order valence-corrected chi connectivity index (χ0v) is 10.9. The Kier molecular flexibility index (Phi) is 3.81. The first kappa shape index (κ1) is 11.2. The molecule has 0 saturated heterocycles. The SMILES string of the molecule is NNC(Cc1ccc(Br)s1)c1cnsn1. The summed E-state index contributed by atoms with van der Waals surface area (Å²) in [6.07, 6.45) is 2.58. The van der Waals surface area contributed by atoms with E-state index in [0.29, 0.717) is 0 Å². The highest BCUT2D eigenvalue weighted by Gasteiger charge is 2.14. The molecule has 2 rings (SSSR count). The van der Waals surface area contributed by atoms with E-state index in [4.69, 9.17) is 5.84 Å². The van der Waals surface area contributed by atoms with Crippen LogP contribution in [-0.2, 0) is 6.42 Å². The minimum Gasteiger partial charge on any atom is -0.271 e. The van der Waals surface area contributed by atoms with Crippen LogP contribution in [0.3, 0.4) is 0 Å². The van der Waals surface area contributed by atoms with Crippen molar-refractivity contribution in [3.63, 3.8) is 0 Å². The minimum absolute atomic E-state index is 0.0364. The summed E-state index contributed by atoms with van der Waals surface area (Å²) in [6, 6.07) is 4.15. The maximum Gasteiger partial charge on any atom is 0.0929 e. The van der Waals surface area contributed by atoms with Gasteiger partial charge in [-0.15, -0.1) is 11.3 Å². The third kappa shape index (κ3) is 2.82. The molecule has 2 aromatic heterocycles. The molecule has 0 aliphatic rings. The molecule has 1 atom stereocenters. The monoisotopic (exact) mass is 304 g/mol. The molecule has 0 radical (unpaired) electrons. The molecule has 3 N–H and O–H groups in total. The van der Waals surface area contributed by atoms with Crippen LogP contribution in [0.2, 0.25) is 0 Å². The Morgan fingerprint density at radius 2 is 2.40 bits per heavy atom. The Balaban J connectivity index is 2.09. The van der Waals surface area contributed by atoms with Gasteiger partial charge in [-0.1, -0.05) is 0 Å². The lowest BCUT2D eigenvalue weighted by molar-refractivity contribution is 0.545. The molecule has 80 valence electrons. The van der Waals surface area contributed by atoms with Gasteiger partial charge < -0.3 is 0 Å². The quantitative estimate of drug-likeness (QED) is 0.671. The van der Waals surface area contributed by atoms with Gasteiger partial charge in [0.2, 0.25) is 0 Å². The zero-order chi connectivity index (χ0) is 10.7. The third-order valence-corrected chi connectivity index (χ3v) is 4.11. The molecular weight excluding hydrogens is 296 g/mol. The molecule has 2 heterocycles. The van der Waals surface area contributed by atoms with Gasteiger partial charge in [0.15, 0.2) is 0 Å². The number of hydrogen-bond donors (Lipinski definition) is 2. The van der Waals surface area contributed by atoms with Gasteiger partial charge in [0.25, 0.3) is 0 Å².